The average molecular weight is 322 g/mol. The molecule has 1 atom stereocenters. The van der Waals surface area contributed by atoms with Gasteiger partial charge in [0.2, 0.25) is 5.91 Å². The summed E-state index contributed by atoms with van der Waals surface area (Å²) in [6, 6.07) is 5.68. The van der Waals surface area contributed by atoms with Crippen LogP contribution in [0.5, 0.6) is 0 Å². The smallest absolute Gasteiger partial charge is 0.347 e. The van der Waals surface area contributed by atoms with Crippen molar-refractivity contribution in [2.45, 2.75) is 19.0 Å². The van der Waals surface area contributed by atoms with Gasteiger partial charge in [0.15, 0.2) is 0 Å². The fourth-order valence-corrected chi connectivity index (χ4v) is 2.51. The summed E-state index contributed by atoms with van der Waals surface area (Å²) in [5.41, 5.74) is 2.06. The van der Waals surface area contributed by atoms with Crippen LogP contribution in [0.4, 0.5) is 13.2 Å². The second kappa shape index (κ2) is 4.91. The van der Waals surface area contributed by atoms with Gasteiger partial charge in [0.05, 0.1) is 0 Å². The van der Waals surface area contributed by atoms with E-state index in [1.807, 2.05) is 23.5 Å². The van der Waals surface area contributed by atoms with Gasteiger partial charge in [-0.25, -0.2) is 0 Å². The highest BCUT2D eigenvalue weighted by Gasteiger charge is 2.32. The molecule has 0 aromatic heterocycles. The number of hydrogen-bond donors (Lipinski definition) is 1. The number of amides is 1. The lowest BCUT2D eigenvalue weighted by atomic mass is 10.1. The van der Waals surface area contributed by atoms with E-state index in [1.54, 1.807) is 0 Å². The Hall–Kier alpha value is -1.04. The molecule has 6 heteroatoms. The molecule has 0 aliphatic heterocycles. The summed E-state index contributed by atoms with van der Waals surface area (Å²) < 4.78 is 36.9. The molecule has 1 aromatic rings. The Morgan fingerprint density at radius 3 is 2.67 bits per heavy atom. The van der Waals surface area contributed by atoms with Crippen molar-refractivity contribution in [2.24, 2.45) is 5.92 Å². The summed E-state index contributed by atoms with van der Waals surface area (Å²) in [6.07, 6.45) is -3.35. The van der Waals surface area contributed by atoms with Crippen LogP contribution in [0.3, 0.4) is 0 Å². The van der Waals surface area contributed by atoms with Crippen LogP contribution in [-0.4, -0.2) is 18.6 Å². The minimum Gasteiger partial charge on any atom is -0.347 e. The number of benzene rings is 1. The molecule has 0 saturated heterocycles. The van der Waals surface area contributed by atoms with Gasteiger partial charge in [-0.2, -0.15) is 13.2 Å². The van der Waals surface area contributed by atoms with E-state index in [0.29, 0.717) is 12.8 Å². The van der Waals surface area contributed by atoms with Crippen LogP contribution in [0.25, 0.3) is 0 Å². The quantitative estimate of drug-likeness (QED) is 0.891. The molecule has 2 nitrogen and oxygen atoms in total. The molecule has 1 aliphatic rings. The van der Waals surface area contributed by atoms with Crippen molar-refractivity contribution in [3.63, 3.8) is 0 Å². The maximum absolute atomic E-state index is 12.0. The van der Waals surface area contributed by atoms with Gasteiger partial charge in [-0.3, -0.25) is 4.79 Å². The summed E-state index contributed by atoms with van der Waals surface area (Å²) in [5.74, 6) is -0.920. The zero-order valence-corrected chi connectivity index (χ0v) is 10.9. The number of carbonyl (C=O) groups excluding carboxylic acids is 1. The molecule has 0 heterocycles. The second-order valence-electron chi connectivity index (χ2n) is 4.35. The summed E-state index contributed by atoms with van der Waals surface area (Å²) in [4.78, 5) is 11.6. The standard InChI is InChI=1S/C12H11BrF3NO/c13-10-2-1-7-3-9(4-8(7)5-10)11(18)17-6-12(14,15)16/h1-2,5,9H,3-4,6H2,(H,17,18). The molecule has 1 amide bonds. The zero-order chi connectivity index (χ0) is 13.3. The van der Waals surface area contributed by atoms with E-state index < -0.39 is 24.5 Å². The first-order valence-corrected chi connectivity index (χ1v) is 6.26. The van der Waals surface area contributed by atoms with Crippen LogP contribution < -0.4 is 5.32 Å². The summed E-state index contributed by atoms with van der Waals surface area (Å²) in [7, 11) is 0. The first-order valence-electron chi connectivity index (χ1n) is 5.47. The highest BCUT2D eigenvalue weighted by atomic mass is 79.9. The normalized spacial score (nSPS) is 18.6. The fraction of sp³-hybridized carbons (Fsp3) is 0.417. The molecule has 0 radical (unpaired) electrons. The third kappa shape index (κ3) is 3.25. The van der Waals surface area contributed by atoms with Gasteiger partial charge < -0.3 is 5.32 Å². The van der Waals surface area contributed by atoms with Crippen LogP contribution in [0.2, 0.25) is 0 Å². The lowest BCUT2D eigenvalue weighted by Gasteiger charge is -2.12. The molecule has 98 valence electrons. The first-order chi connectivity index (χ1) is 8.35. The van der Waals surface area contributed by atoms with Crippen LogP contribution in [0, 0.1) is 5.92 Å². The van der Waals surface area contributed by atoms with Gasteiger partial charge in [-0.15, -0.1) is 0 Å². The molecule has 0 bridgehead atoms. The maximum Gasteiger partial charge on any atom is 0.405 e. The highest BCUT2D eigenvalue weighted by molar-refractivity contribution is 9.10. The number of halogens is 4. The van der Waals surface area contributed by atoms with Crippen molar-refractivity contribution in [3.05, 3.63) is 33.8 Å². The lowest BCUT2D eigenvalue weighted by Crippen LogP contribution is -2.37. The minimum absolute atomic E-state index is 0.392. The van der Waals surface area contributed by atoms with E-state index >= 15 is 0 Å². The molecule has 1 aromatic carbocycles. The topological polar surface area (TPSA) is 29.1 Å². The second-order valence-corrected chi connectivity index (χ2v) is 5.27. The Morgan fingerprint density at radius 2 is 2.00 bits per heavy atom. The van der Waals surface area contributed by atoms with E-state index in [1.165, 1.54) is 0 Å². The molecule has 2 rings (SSSR count). The van der Waals surface area contributed by atoms with Gasteiger partial charge in [-0.1, -0.05) is 22.0 Å². The molecule has 0 fully saturated rings. The van der Waals surface area contributed by atoms with E-state index in [9.17, 15) is 18.0 Å². The molecule has 1 N–H and O–H groups in total. The predicted molar refractivity (Wildman–Crippen MR) is 64.1 cm³/mol. The van der Waals surface area contributed by atoms with E-state index in [-0.39, 0.29) is 0 Å². The Labute approximate surface area is 111 Å². The summed E-state index contributed by atoms with van der Waals surface area (Å²) >= 11 is 3.33. The third-order valence-electron chi connectivity index (χ3n) is 2.93. The number of rotatable bonds is 2. The Morgan fingerprint density at radius 1 is 1.33 bits per heavy atom. The first kappa shape index (κ1) is 13.4. The van der Waals surface area contributed by atoms with Gasteiger partial charge in [-0.05, 0) is 36.1 Å². The van der Waals surface area contributed by atoms with Crippen molar-refractivity contribution in [1.29, 1.82) is 0 Å². The minimum atomic E-state index is -4.36. The number of fused-ring (bicyclic) bond motifs is 1. The van der Waals surface area contributed by atoms with Crippen LogP contribution in [0.15, 0.2) is 22.7 Å². The van der Waals surface area contributed by atoms with Crippen LogP contribution >= 0.6 is 15.9 Å². The number of carbonyl (C=O) groups is 1. The maximum atomic E-state index is 12.0. The molecule has 0 spiro atoms. The van der Waals surface area contributed by atoms with Crippen LogP contribution in [0.1, 0.15) is 11.1 Å². The van der Waals surface area contributed by atoms with Gasteiger partial charge >= 0.3 is 6.18 Å². The monoisotopic (exact) mass is 321 g/mol. The molecule has 18 heavy (non-hydrogen) atoms. The molecule has 1 unspecified atom stereocenters. The molecule has 0 saturated carbocycles. The third-order valence-corrected chi connectivity index (χ3v) is 3.43. The van der Waals surface area contributed by atoms with Crippen molar-refractivity contribution in [1.82, 2.24) is 5.32 Å². The van der Waals surface area contributed by atoms with Gasteiger partial charge in [0.1, 0.15) is 6.54 Å². The Balaban J connectivity index is 1.96. The van der Waals surface area contributed by atoms with E-state index in [0.717, 1.165) is 15.6 Å². The van der Waals surface area contributed by atoms with Gasteiger partial charge in [0.25, 0.3) is 0 Å². The largest absolute Gasteiger partial charge is 0.405 e. The number of nitrogens with one attached hydrogen (secondary N) is 1. The molecular formula is C12H11BrF3NO. The lowest BCUT2D eigenvalue weighted by molar-refractivity contribution is -0.140. The van der Waals surface area contributed by atoms with Gasteiger partial charge in [0, 0.05) is 10.4 Å². The highest BCUT2D eigenvalue weighted by Crippen LogP contribution is 2.29. The van der Waals surface area contributed by atoms with E-state index in [2.05, 4.69) is 15.9 Å². The van der Waals surface area contributed by atoms with Crippen molar-refractivity contribution in [3.8, 4) is 0 Å². The summed E-state index contributed by atoms with van der Waals surface area (Å²) in [5, 5.41) is 1.94. The van der Waals surface area contributed by atoms with Crippen molar-refractivity contribution in [2.75, 3.05) is 6.54 Å². The van der Waals surface area contributed by atoms with Crippen LogP contribution in [-0.2, 0) is 17.6 Å². The Kier molecular flexibility index (Phi) is 3.66. The Bertz CT molecular complexity index is 473. The van der Waals surface area contributed by atoms with Crippen molar-refractivity contribution < 1.29 is 18.0 Å². The molecule has 1 aliphatic carbocycles. The zero-order valence-electron chi connectivity index (χ0n) is 9.35. The number of hydrogen-bond acceptors (Lipinski definition) is 1. The van der Waals surface area contributed by atoms with E-state index in [4.69, 9.17) is 0 Å². The predicted octanol–water partition coefficient (Wildman–Crippen LogP) is 2.84. The molecular weight excluding hydrogens is 311 g/mol. The number of alkyl halides is 3. The average Bonchev–Trinajstić information content (AvgIpc) is 2.67. The summed E-state index contributed by atoms with van der Waals surface area (Å²) in [6.45, 7) is -1.26. The SMILES string of the molecule is O=C(NCC(F)(F)F)C1Cc2ccc(Br)cc2C1. The van der Waals surface area contributed by atoms with Crippen molar-refractivity contribution >= 4 is 21.8 Å². The fourth-order valence-electron chi connectivity index (χ4n) is 2.10.